The monoisotopic (exact) mass is 937 g/mol. The van der Waals surface area contributed by atoms with Gasteiger partial charge in [0.05, 0.1) is 18.3 Å². The van der Waals surface area contributed by atoms with Gasteiger partial charge in [-0.25, -0.2) is 9.37 Å². The molecule has 360 valence electrons. The summed E-state index contributed by atoms with van der Waals surface area (Å²) >= 11 is 0. The van der Waals surface area contributed by atoms with Crippen LogP contribution in [-0.2, 0) is 45.1 Å². The summed E-state index contributed by atoms with van der Waals surface area (Å²) in [6, 6.07) is 11.5. The number of imidazole rings is 1. The first-order valence-electron chi connectivity index (χ1n) is 25.1. The van der Waals surface area contributed by atoms with Crippen molar-refractivity contribution >= 4 is 52.2 Å². The Balaban J connectivity index is 0.728. The quantitative estimate of drug-likeness (QED) is 0.198. The van der Waals surface area contributed by atoms with Gasteiger partial charge in [0.2, 0.25) is 17.7 Å². The number of benzene rings is 2. The number of nitrogens with zero attached hydrogens (tertiary/aromatic N) is 10. The molecule has 10 heterocycles. The Hall–Kier alpha value is -6.33. The van der Waals surface area contributed by atoms with Gasteiger partial charge in [0.1, 0.15) is 17.5 Å². The molecule has 3 aromatic heterocycles. The minimum atomic E-state index is -0.615. The normalized spacial score (nSPS) is 21.8. The summed E-state index contributed by atoms with van der Waals surface area (Å²) < 4.78 is 27.0. The number of amides is 4. The van der Waals surface area contributed by atoms with E-state index in [1.165, 1.54) is 5.69 Å². The zero-order chi connectivity index (χ0) is 46.9. The lowest BCUT2D eigenvalue weighted by atomic mass is 9.94. The number of hydrogen-bond acceptors (Lipinski definition) is 11. The molecule has 7 aliphatic heterocycles. The second-order valence-electron chi connectivity index (χ2n) is 20.2. The van der Waals surface area contributed by atoms with Crippen LogP contribution in [0.25, 0.3) is 16.8 Å². The van der Waals surface area contributed by atoms with Crippen molar-refractivity contribution in [2.45, 2.75) is 89.9 Å². The third-order valence-corrected chi connectivity index (χ3v) is 16.1. The number of imide groups is 1. The lowest BCUT2D eigenvalue weighted by Gasteiger charge is -2.40. The van der Waals surface area contributed by atoms with Gasteiger partial charge in [-0.1, -0.05) is 0 Å². The number of aryl methyl sites for hydroxylation is 1. The fourth-order valence-corrected chi connectivity index (χ4v) is 12.3. The van der Waals surface area contributed by atoms with Crippen molar-refractivity contribution in [1.29, 1.82) is 0 Å². The van der Waals surface area contributed by atoms with Crippen LogP contribution in [0.3, 0.4) is 0 Å². The molecule has 17 heteroatoms. The van der Waals surface area contributed by atoms with E-state index in [0.29, 0.717) is 56.3 Å². The maximum absolute atomic E-state index is 17.1. The Kier molecular flexibility index (Phi) is 11.4. The molecule has 0 aliphatic carbocycles. The first-order valence-corrected chi connectivity index (χ1v) is 25.1. The van der Waals surface area contributed by atoms with Gasteiger partial charge < -0.3 is 33.6 Å². The van der Waals surface area contributed by atoms with Crippen LogP contribution in [0.2, 0.25) is 0 Å². The van der Waals surface area contributed by atoms with Gasteiger partial charge in [0.15, 0.2) is 5.82 Å². The van der Waals surface area contributed by atoms with Crippen molar-refractivity contribution in [3.8, 4) is 11.1 Å². The lowest BCUT2D eigenvalue weighted by molar-refractivity contribution is -0.137. The van der Waals surface area contributed by atoms with Crippen LogP contribution >= 0.6 is 0 Å². The number of aromatic nitrogens is 4. The molecule has 0 bridgehead atoms. The van der Waals surface area contributed by atoms with Gasteiger partial charge in [-0.2, -0.15) is 5.10 Å². The van der Waals surface area contributed by atoms with Crippen molar-refractivity contribution in [3.63, 3.8) is 0 Å². The van der Waals surface area contributed by atoms with Crippen molar-refractivity contribution in [2.24, 2.45) is 5.92 Å². The highest BCUT2D eigenvalue weighted by molar-refractivity contribution is 6.05. The number of halogens is 1. The lowest BCUT2D eigenvalue weighted by Crippen LogP contribution is -2.52. The molecule has 4 saturated heterocycles. The van der Waals surface area contributed by atoms with Crippen molar-refractivity contribution in [1.82, 2.24) is 39.2 Å². The third kappa shape index (κ3) is 8.10. The largest absolute Gasteiger partial charge is 0.381 e. The van der Waals surface area contributed by atoms with Crippen LogP contribution in [0.1, 0.15) is 90.7 Å². The Morgan fingerprint density at radius 1 is 0.812 bits per heavy atom. The molecule has 0 spiro atoms. The molecule has 12 rings (SSSR count). The summed E-state index contributed by atoms with van der Waals surface area (Å²) in [6.45, 7) is 11.7. The SMILES string of the molecule is CC(=O)N1CCc2c(c(N3CCCc4cc(-c5cc6nccn6cc5N5CCN(CC6CCN(c7ccc8c(c7)CN(C7CCC(=O)NC7=O)C8=O)CC6)CC5)c(F)cc43)nn2C2CCOCC2)C1. The Bertz CT molecular complexity index is 2860. The Labute approximate surface area is 400 Å². The standard InChI is InChI=1S/C52H60FN11O5/c1-33(65)60-17-10-44-42(31-60)50(56-64(44)37-11-23-69-24-12-37)62-14-2-3-35-26-40(43(53)28-46(35)62)41-27-48-54-13-18-61(48)32-47(41)59-21-19-57(20-22-59)29-34-8-15-58(16-9-34)38-4-5-39-36(25-38)30-63(52(39)68)45-6-7-49(66)55-51(45)67/h4-5,13,18,25-28,32,34,37,45H,2-3,6-12,14-17,19-24,29-31H2,1H3,(H,55,66,67). The minimum Gasteiger partial charge on any atom is -0.381 e. The van der Waals surface area contributed by atoms with Crippen LogP contribution in [0.4, 0.5) is 27.3 Å². The van der Waals surface area contributed by atoms with Crippen LogP contribution < -0.4 is 20.0 Å². The Morgan fingerprint density at radius 2 is 1.64 bits per heavy atom. The van der Waals surface area contributed by atoms with E-state index in [9.17, 15) is 19.2 Å². The number of pyridine rings is 1. The summed E-state index contributed by atoms with van der Waals surface area (Å²) in [7, 11) is 0. The third-order valence-electron chi connectivity index (χ3n) is 16.1. The molecule has 1 N–H and O–H groups in total. The van der Waals surface area contributed by atoms with Crippen molar-refractivity contribution in [2.75, 3.05) is 86.8 Å². The number of rotatable bonds is 8. The predicted molar refractivity (Wildman–Crippen MR) is 258 cm³/mol. The van der Waals surface area contributed by atoms with Gasteiger partial charge in [-0.05, 0) is 98.4 Å². The fraction of sp³-hybridized carbons (Fsp3) is 0.500. The molecule has 1 unspecified atom stereocenters. The molecule has 5 aromatic rings. The number of fused-ring (bicyclic) bond motifs is 4. The average Bonchev–Trinajstić information content (AvgIpc) is 4.09. The topological polar surface area (TPSA) is 144 Å². The van der Waals surface area contributed by atoms with Gasteiger partial charge >= 0.3 is 0 Å². The maximum Gasteiger partial charge on any atom is 0.255 e. The van der Waals surface area contributed by atoms with E-state index in [0.717, 1.165) is 148 Å². The molecular weight excluding hydrogens is 878 g/mol. The second kappa shape index (κ2) is 17.9. The van der Waals surface area contributed by atoms with Gasteiger partial charge in [0, 0.05) is 156 Å². The van der Waals surface area contributed by atoms with Crippen LogP contribution in [-0.4, -0.2) is 136 Å². The first-order chi connectivity index (χ1) is 33.6. The highest BCUT2D eigenvalue weighted by atomic mass is 19.1. The number of ether oxygens (including phenoxy) is 1. The molecule has 2 aromatic carbocycles. The zero-order valence-corrected chi connectivity index (χ0v) is 39.4. The number of piperazine rings is 1. The number of carbonyl (C=O) groups excluding carboxylic acids is 4. The minimum absolute atomic E-state index is 0.0571. The average molecular weight is 938 g/mol. The van der Waals surface area contributed by atoms with Crippen LogP contribution in [0.15, 0.2) is 55.0 Å². The number of carbonyl (C=O) groups is 4. The number of anilines is 4. The van der Waals surface area contributed by atoms with Crippen LogP contribution in [0, 0.1) is 11.7 Å². The number of nitrogens with one attached hydrogen (secondary N) is 1. The molecule has 0 saturated carbocycles. The molecular formula is C52H60FN11O5. The maximum atomic E-state index is 17.1. The van der Waals surface area contributed by atoms with Gasteiger partial charge in [-0.3, -0.25) is 34.1 Å². The molecule has 7 aliphatic rings. The number of piperidine rings is 2. The smallest absolute Gasteiger partial charge is 0.255 e. The summed E-state index contributed by atoms with van der Waals surface area (Å²) in [5.41, 5.74) is 10.1. The van der Waals surface area contributed by atoms with E-state index in [4.69, 9.17) is 9.84 Å². The summed E-state index contributed by atoms with van der Waals surface area (Å²) in [6.07, 6.45) is 12.9. The van der Waals surface area contributed by atoms with E-state index in [1.807, 2.05) is 33.7 Å². The highest BCUT2D eigenvalue weighted by Gasteiger charge is 2.40. The van der Waals surface area contributed by atoms with E-state index in [-0.39, 0.29) is 41.9 Å². The summed E-state index contributed by atoms with van der Waals surface area (Å²) in [4.78, 5) is 68.0. The first kappa shape index (κ1) is 43.9. The molecule has 0 radical (unpaired) electrons. The highest BCUT2D eigenvalue weighted by Crippen LogP contribution is 2.44. The van der Waals surface area contributed by atoms with Gasteiger partial charge in [0.25, 0.3) is 5.91 Å². The van der Waals surface area contributed by atoms with E-state index < -0.39 is 6.04 Å². The van der Waals surface area contributed by atoms with Crippen LogP contribution in [0.5, 0.6) is 0 Å². The van der Waals surface area contributed by atoms with E-state index >= 15 is 4.39 Å². The van der Waals surface area contributed by atoms with Crippen molar-refractivity contribution in [3.05, 3.63) is 88.8 Å². The summed E-state index contributed by atoms with van der Waals surface area (Å²) in [5, 5.41) is 7.70. The van der Waals surface area contributed by atoms with E-state index in [2.05, 4.69) is 52.9 Å². The van der Waals surface area contributed by atoms with E-state index in [1.54, 1.807) is 24.1 Å². The number of hydrogen-bond donors (Lipinski definition) is 1. The fourth-order valence-electron chi connectivity index (χ4n) is 12.3. The molecule has 4 amide bonds. The second-order valence-corrected chi connectivity index (χ2v) is 20.2. The summed E-state index contributed by atoms with van der Waals surface area (Å²) in [5.74, 6) is 0.391. The predicted octanol–water partition coefficient (Wildman–Crippen LogP) is 5.48. The molecule has 69 heavy (non-hydrogen) atoms. The zero-order valence-electron chi connectivity index (χ0n) is 39.4. The van der Waals surface area contributed by atoms with Gasteiger partial charge in [-0.15, -0.1) is 0 Å². The molecule has 16 nitrogen and oxygen atoms in total. The molecule has 1 atom stereocenters. The van der Waals surface area contributed by atoms with Crippen molar-refractivity contribution < 1.29 is 28.3 Å². The molecule has 4 fully saturated rings. The Morgan fingerprint density at radius 3 is 2.43 bits per heavy atom.